The van der Waals surface area contributed by atoms with Gasteiger partial charge in [0.1, 0.15) is 5.82 Å². The molecule has 0 bridgehead atoms. The molecule has 1 aromatic carbocycles. The summed E-state index contributed by atoms with van der Waals surface area (Å²) < 4.78 is 21.4. The Morgan fingerprint density at radius 1 is 1.31 bits per heavy atom. The Morgan fingerprint density at radius 3 is 2.66 bits per heavy atom. The average Bonchev–Trinajstić information content (AvgIpc) is 3.13. The topological polar surface area (TPSA) is 85.5 Å². The van der Waals surface area contributed by atoms with Gasteiger partial charge in [0, 0.05) is 40.4 Å². The van der Waals surface area contributed by atoms with Gasteiger partial charge >= 0.3 is 5.82 Å². The van der Waals surface area contributed by atoms with Crippen molar-refractivity contribution in [3.8, 4) is 0 Å². The van der Waals surface area contributed by atoms with Crippen LogP contribution < -0.4 is 10.2 Å². The largest absolute Gasteiger partial charge is 0.394 e. The van der Waals surface area contributed by atoms with Crippen LogP contribution in [0.2, 0.25) is 25.7 Å². The minimum atomic E-state index is -1.18. The van der Waals surface area contributed by atoms with Crippen molar-refractivity contribution in [2.75, 3.05) is 24.6 Å². The SMILES string of the molecule is Cc1cccc(F)c1N1CCC(NCc2cn(COCC[Si](C)(C)C)nc2[N+](=O)[O-])CC1. The van der Waals surface area contributed by atoms with Gasteiger partial charge in [0.25, 0.3) is 0 Å². The van der Waals surface area contributed by atoms with Gasteiger partial charge < -0.3 is 25.1 Å². The summed E-state index contributed by atoms with van der Waals surface area (Å²) in [6.45, 7) is 11.5. The van der Waals surface area contributed by atoms with Crippen molar-refractivity contribution in [3.05, 3.63) is 51.5 Å². The molecule has 1 aliphatic heterocycles. The number of piperidine rings is 1. The summed E-state index contributed by atoms with van der Waals surface area (Å²) in [4.78, 5) is 13.1. The second kappa shape index (κ2) is 10.5. The van der Waals surface area contributed by atoms with Crippen LogP contribution >= 0.6 is 0 Å². The van der Waals surface area contributed by atoms with Crippen LogP contribution in [0.1, 0.15) is 24.0 Å². The zero-order valence-electron chi connectivity index (χ0n) is 19.4. The van der Waals surface area contributed by atoms with Crippen LogP contribution in [0.5, 0.6) is 0 Å². The van der Waals surface area contributed by atoms with Crippen LogP contribution in [0.4, 0.5) is 15.9 Å². The fourth-order valence-electron chi connectivity index (χ4n) is 3.92. The fourth-order valence-corrected chi connectivity index (χ4v) is 4.68. The molecule has 0 unspecified atom stereocenters. The van der Waals surface area contributed by atoms with Crippen LogP contribution in [0, 0.1) is 22.9 Å². The van der Waals surface area contributed by atoms with Gasteiger partial charge in [0.15, 0.2) is 6.73 Å². The molecule has 32 heavy (non-hydrogen) atoms. The first-order valence-corrected chi connectivity index (χ1v) is 14.9. The molecule has 0 amide bonds. The number of nitrogens with one attached hydrogen (secondary N) is 1. The summed E-state index contributed by atoms with van der Waals surface area (Å²) in [6, 6.07) is 6.41. The lowest BCUT2D eigenvalue weighted by Gasteiger charge is -2.35. The molecule has 1 aromatic heterocycles. The monoisotopic (exact) mass is 463 g/mol. The molecule has 1 aliphatic rings. The van der Waals surface area contributed by atoms with E-state index in [2.05, 4.69) is 35.0 Å². The predicted molar refractivity (Wildman–Crippen MR) is 126 cm³/mol. The third-order valence-electron chi connectivity index (χ3n) is 5.79. The second-order valence-electron chi connectivity index (χ2n) is 9.67. The number of nitro groups is 1. The van der Waals surface area contributed by atoms with E-state index in [1.807, 2.05) is 13.0 Å². The van der Waals surface area contributed by atoms with E-state index < -0.39 is 13.0 Å². The third-order valence-corrected chi connectivity index (χ3v) is 7.49. The van der Waals surface area contributed by atoms with E-state index in [9.17, 15) is 14.5 Å². The minimum absolute atomic E-state index is 0.134. The number of benzene rings is 1. The number of para-hydroxylation sites is 1. The van der Waals surface area contributed by atoms with Crippen LogP contribution in [-0.4, -0.2) is 48.5 Å². The molecule has 176 valence electrons. The number of nitrogens with zero attached hydrogens (tertiary/aromatic N) is 4. The Hall–Kier alpha value is -2.30. The maximum atomic E-state index is 14.3. The van der Waals surface area contributed by atoms with Crippen LogP contribution in [0.15, 0.2) is 24.4 Å². The highest BCUT2D eigenvalue weighted by Gasteiger charge is 2.25. The number of anilines is 1. The molecule has 10 heteroatoms. The first-order chi connectivity index (χ1) is 15.1. The zero-order valence-corrected chi connectivity index (χ0v) is 20.4. The highest BCUT2D eigenvalue weighted by Crippen LogP contribution is 2.27. The summed E-state index contributed by atoms with van der Waals surface area (Å²) in [5.74, 6) is -0.322. The number of aromatic nitrogens is 2. The van der Waals surface area contributed by atoms with Gasteiger partial charge in [-0.3, -0.25) is 0 Å². The average molecular weight is 464 g/mol. The molecule has 0 aliphatic carbocycles. The van der Waals surface area contributed by atoms with Crippen molar-refractivity contribution in [2.45, 2.75) is 64.8 Å². The summed E-state index contributed by atoms with van der Waals surface area (Å²) in [7, 11) is -1.18. The Balaban J connectivity index is 1.52. The van der Waals surface area contributed by atoms with Gasteiger partial charge in [-0.25, -0.2) is 4.39 Å². The number of rotatable bonds is 10. The molecule has 0 spiro atoms. The Kier molecular flexibility index (Phi) is 8.02. The van der Waals surface area contributed by atoms with Crippen LogP contribution in [0.25, 0.3) is 0 Å². The Labute approximate surface area is 189 Å². The van der Waals surface area contributed by atoms with Crippen molar-refractivity contribution in [1.82, 2.24) is 15.1 Å². The van der Waals surface area contributed by atoms with Crippen molar-refractivity contribution < 1.29 is 14.1 Å². The summed E-state index contributed by atoms with van der Waals surface area (Å²) >= 11 is 0. The molecule has 1 fully saturated rings. The molecule has 2 aromatic rings. The van der Waals surface area contributed by atoms with Crippen molar-refractivity contribution in [3.63, 3.8) is 0 Å². The molecule has 1 saturated heterocycles. The van der Waals surface area contributed by atoms with Crippen LogP contribution in [-0.2, 0) is 18.0 Å². The lowest BCUT2D eigenvalue weighted by atomic mass is 10.0. The zero-order chi connectivity index (χ0) is 23.3. The molecule has 1 N–H and O–H groups in total. The molecule has 0 radical (unpaired) electrons. The lowest BCUT2D eigenvalue weighted by Crippen LogP contribution is -2.42. The van der Waals surface area contributed by atoms with E-state index in [4.69, 9.17) is 4.74 Å². The second-order valence-corrected chi connectivity index (χ2v) is 15.3. The van der Waals surface area contributed by atoms with Gasteiger partial charge in [-0.1, -0.05) is 31.8 Å². The van der Waals surface area contributed by atoms with E-state index in [0.717, 1.165) is 37.5 Å². The highest BCUT2D eigenvalue weighted by atomic mass is 28.3. The van der Waals surface area contributed by atoms with Gasteiger partial charge in [-0.15, -0.1) is 0 Å². The summed E-state index contributed by atoms with van der Waals surface area (Å²) in [6.07, 6.45) is 3.38. The van der Waals surface area contributed by atoms with Crippen molar-refractivity contribution >= 4 is 19.6 Å². The third kappa shape index (κ3) is 6.60. The summed E-state index contributed by atoms with van der Waals surface area (Å²) in [5, 5.41) is 18.9. The normalized spacial score (nSPS) is 15.3. The van der Waals surface area contributed by atoms with E-state index in [1.165, 1.54) is 10.7 Å². The predicted octanol–water partition coefficient (Wildman–Crippen LogP) is 4.31. The number of ether oxygens (including phenoxy) is 1. The molecular formula is C22H34FN5O3Si. The number of hydrogen-bond donors (Lipinski definition) is 1. The Bertz CT molecular complexity index is 903. The lowest BCUT2D eigenvalue weighted by molar-refractivity contribution is -0.390. The number of aryl methyl sites for hydroxylation is 1. The highest BCUT2D eigenvalue weighted by molar-refractivity contribution is 6.76. The summed E-state index contributed by atoms with van der Waals surface area (Å²) in [5.41, 5.74) is 2.17. The van der Waals surface area contributed by atoms with Gasteiger partial charge in [0.2, 0.25) is 0 Å². The van der Waals surface area contributed by atoms with Gasteiger partial charge in [-0.05, 0) is 42.4 Å². The molecule has 8 nitrogen and oxygen atoms in total. The number of hydrogen-bond acceptors (Lipinski definition) is 6. The van der Waals surface area contributed by atoms with Gasteiger partial charge in [0.05, 0.1) is 22.5 Å². The molecule has 2 heterocycles. The maximum Gasteiger partial charge on any atom is 0.394 e. The molecular weight excluding hydrogens is 429 g/mol. The van der Waals surface area contributed by atoms with E-state index in [1.54, 1.807) is 12.3 Å². The maximum absolute atomic E-state index is 14.3. The van der Waals surface area contributed by atoms with E-state index in [0.29, 0.717) is 24.4 Å². The molecule has 3 rings (SSSR count). The number of halogens is 1. The first-order valence-electron chi connectivity index (χ1n) is 11.2. The van der Waals surface area contributed by atoms with Crippen molar-refractivity contribution in [2.24, 2.45) is 0 Å². The smallest absolute Gasteiger partial charge is 0.369 e. The minimum Gasteiger partial charge on any atom is -0.369 e. The standard InChI is InChI=1S/C22H34FN5O3Si/c1-17-6-5-7-20(23)21(17)26-10-8-19(9-11-26)24-14-18-15-27(25-22(18)28(29)30)16-31-12-13-32(2,3)4/h5-7,15,19,24H,8-14,16H2,1-4H3. The fraction of sp³-hybridized carbons (Fsp3) is 0.591. The first kappa shape index (κ1) is 24.3. The quantitative estimate of drug-likeness (QED) is 0.245. The molecule has 0 atom stereocenters. The van der Waals surface area contributed by atoms with Gasteiger partial charge in [-0.2, -0.15) is 4.68 Å². The van der Waals surface area contributed by atoms with Crippen molar-refractivity contribution in [1.29, 1.82) is 0 Å². The Morgan fingerprint density at radius 2 is 2.03 bits per heavy atom. The van der Waals surface area contributed by atoms with Crippen LogP contribution in [0.3, 0.4) is 0 Å². The van der Waals surface area contributed by atoms with E-state index in [-0.39, 0.29) is 24.4 Å². The molecule has 0 saturated carbocycles. The van der Waals surface area contributed by atoms with E-state index >= 15 is 0 Å².